The Bertz CT molecular complexity index is 532. The number of carboxylic acid groups (broad SMARTS) is 1. The first-order chi connectivity index (χ1) is 7.66. The molecule has 6 nitrogen and oxygen atoms in total. The van der Waals surface area contributed by atoms with Crippen molar-refractivity contribution in [2.75, 3.05) is 0 Å². The maximum Gasteiger partial charge on any atom is 0.354 e. The van der Waals surface area contributed by atoms with E-state index in [1.807, 2.05) is 0 Å². The number of carboxylic acids is 1. The molecule has 0 fully saturated rings. The summed E-state index contributed by atoms with van der Waals surface area (Å²) in [5.74, 6) is -1.03. The maximum absolute atomic E-state index is 10.8. The summed E-state index contributed by atoms with van der Waals surface area (Å²) in [5, 5.41) is 8.84. The lowest BCUT2D eigenvalue weighted by molar-refractivity contribution is 0.0690. The normalized spacial score (nSPS) is 10.1. The number of aromatic carboxylic acids is 1. The maximum atomic E-state index is 10.8. The van der Waals surface area contributed by atoms with Crippen LogP contribution in [0, 0.1) is 0 Å². The van der Waals surface area contributed by atoms with Gasteiger partial charge in [-0.1, -0.05) is 11.6 Å². The smallest absolute Gasteiger partial charge is 0.354 e. The van der Waals surface area contributed by atoms with Gasteiger partial charge in [-0.25, -0.2) is 19.7 Å². The SMILES string of the molecule is O=C(O)c1cc(Cl)nc(-c2cnccn2)n1. The van der Waals surface area contributed by atoms with Gasteiger partial charge in [0, 0.05) is 18.5 Å². The van der Waals surface area contributed by atoms with E-state index >= 15 is 0 Å². The Kier molecular flexibility index (Phi) is 2.74. The molecule has 0 aliphatic heterocycles. The van der Waals surface area contributed by atoms with Crippen molar-refractivity contribution in [1.82, 2.24) is 19.9 Å². The molecule has 2 aromatic heterocycles. The van der Waals surface area contributed by atoms with Gasteiger partial charge in [-0.3, -0.25) is 4.98 Å². The van der Waals surface area contributed by atoms with Gasteiger partial charge < -0.3 is 5.11 Å². The van der Waals surface area contributed by atoms with Gasteiger partial charge in [0.25, 0.3) is 0 Å². The van der Waals surface area contributed by atoms with E-state index in [0.717, 1.165) is 0 Å². The summed E-state index contributed by atoms with van der Waals surface area (Å²) in [7, 11) is 0. The zero-order chi connectivity index (χ0) is 11.5. The molecule has 0 aliphatic carbocycles. The van der Waals surface area contributed by atoms with Crippen molar-refractivity contribution in [2.24, 2.45) is 0 Å². The van der Waals surface area contributed by atoms with E-state index in [9.17, 15) is 4.79 Å². The Morgan fingerprint density at radius 2 is 2.12 bits per heavy atom. The van der Waals surface area contributed by atoms with Gasteiger partial charge in [0.1, 0.15) is 10.8 Å². The lowest BCUT2D eigenvalue weighted by Crippen LogP contribution is -2.03. The van der Waals surface area contributed by atoms with Crippen LogP contribution in [-0.2, 0) is 0 Å². The molecule has 1 N–H and O–H groups in total. The van der Waals surface area contributed by atoms with E-state index in [4.69, 9.17) is 16.7 Å². The highest BCUT2D eigenvalue weighted by Gasteiger charge is 2.11. The van der Waals surface area contributed by atoms with Crippen LogP contribution >= 0.6 is 11.6 Å². The minimum Gasteiger partial charge on any atom is -0.477 e. The quantitative estimate of drug-likeness (QED) is 0.791. The van der Waals surface area contributed by atoms with Gasteiger partial charge in [0.05, 0.1) is 6.20 Å². The number of halogens is 1. The zero-order valence-electron chi connectivity index (χ0n) is 7.83. The van der Waals surface area contributed by atoms with E-state index in [1.165, 1.54) is 24.7 Å². The zero-order valence-corrected chi connectivity index (χ0v) is 8.59. The number of hydrogen-bond donors (Lipinski definition) is 1. The van der Waals surface area contributed by atoms with Crippen molar-refractivity contribution < 1.29 is 9.90 Å². The van der Waals surface area contributed by atoms with Gasteiger partial charge in [-0.15, -0.1) is 0 Å². The van der Waals surface area contributed by atoms with Crippen LogP contribution in [0.1, 0.15) is 10.5 Å². The van der Waals surface area contributed by atoms with Crippen LogP contribution < -0.4 is 0 Å². The molecule has 0 amide bonds. The van der Waals surface area contributed by atoms with Crippen LogP contribution in [-0.4, -0.2) is 31.0 Å². The number of nitrogens with zero attached hydrogens (tertiary/aromatic N) is 4. The van der Waals surface area contributed by atoms with Gasteiger partial charge in [-0.2, -0.15) is 0 Å². The summed E-state index contributed by atoms with van der Waals surface area (Å²) in [5.41, 5.74) is 0.188. The number of aromatic nitrogens is 4. The lowest BCUT2D eigenvalue weighted by atomic mass is 10.3. The molecular formula is C9H5ClN4O2. The van der Waals surface area contributed by atoms with E-state index in [2.05, 4.69) is 19.9 Å². The molecule has 80 valence electrons. The average molecular weight is 237 g/mol. The van der Waals surface area contributed by atoms with Gasteiger partial charge in [0.15, 0.2) is 11.5 Å². The first-order valence-electron chi connectivity index (χ1n) is 4.21. The molecule has 0 spiro atoms. The van der Waals surface area contributed by atoms with Gasteiger partial charge in [-0.05, 0) is 0 Å². The second-order valence-corrected chi connectivity index (χ2v) is 3.18. The van der Waals surface area contributed by atoms with E-state index < -0.39 is 5.97 Å². The Labute approximate surface area is 95.0 Å². The molecule has 0 saturated heterocycles. The Morgan fingerprint density at radius 3 is 2.75 bits per heavy atom. The summed E-state index contributed by atoms with van der Waals surface area (Å²) in [4.78, 5) is 26.2. The first kappa shape index (κ1) is 10.4. The Morgan fingerprint density at radius 1 is 1.31 bits per heavy atom. The Balaban J connectivity index is 2.54. The molecule has 2 aromatic rings. The van der Waals surface area contributed by atoms with Crippen LogP contribution in [0.4, 0.5) is 0 Å². The van der Waals surface area contributed by atoms with Crippen molar-refractivity contribution in [2.45, 2.75) is 0 Å². The fraction of sp³-hybridized carbons (Fsp3) is 0. The van der Waals surface area contributed by atoms with E-state index in [-0.39, 0.29) is 16.7 Å². The van der Waals surface area contributed by atoms with Crippen LogP contribution in [0.3, 0.4) is 0 Å². The molecule has 0 aromatic carbocycles. The summed E-state index contributed by atoms with van der Waals surface area (Å²) >= 11 is 5.68. The van der Waals surface area contributed by atoms with Gasteiger partial charge in [0.2, 0.25) is 0 Å². The highest BCUT2D eigenvalue weighted by molar-refractivity contribution is 6.29. The summed E-state index contributed by atoms with van der Waals surface area (Å²) in [6.45, 7) is 0. The van der Waals surface area contributed by atoms with Crippen LogP contribution in [0.5, 0.6) is 0 Å². The predicted molar refractivity (Wildman–Crippen MR) is 55.0 cm³/mol. The van der Waals surface area contributed by atoms with Crippen molar-refractivity contribution >= 4 is 17.6 Å². The third-order valence-corrected chi connectivity index (χ3v) is 1.90. The number of hydrogen-bond acceptors (Lipinski definition) is 5. The first-order valence-corrected chi connectivity index (χ1v) is 4.59. The van der Waals surface area contributed by atoms with Crippen molar-refractivity contribution in [1.29, 1.82) is 0 Å². The highest BCUT2D eigenvalue weighted by atomic mass is 35.5. The molecule has 2 heterocycles. The summed E-state index contributed by atoms with van der Waals surface area (Å²) in [6.07, 6.45) is 4.38. The molecular weight excluding hydrogens is 232 g/mol. The molecule has 0 saturated carbocycles. The third kappa shape index (κ3) is 2.12. The average Bonchev–Trinajstić information content (AvgIpc) is 2.29. The summed E-state index contributed by atoms with van der Waals surface area (Å²) < 4.78 is 0. The van der Waals surface area contributed by atoms with Crippen molar-refractivity contribution in [3.63, 3.8) is 0 Å². The van der Waals surface area contributed by atoms with Crippen LogP contribution in [0.2, 0.25) is 5.15 Å². The van der Waals surface area contributed by atoms with E-state index in [1.54, 1.807) is 0 Å². The molecule has 0 bridgehead atoms. The number of carbonyl (C=O) groups is 1. The monoisotopic (exact) mass is 236 g/mol. The second-order valence-electron chi connectivity index (χ2n) is 2.80. The fourth-order valence-corrected chi connectivity index (χ4v) is 1.24. The molecule has 2 rings (SSSR count). The highest BCUT2D eigenvalue weighted by Crippen LogP contribution is 2.14. The van der Waals surface area contributed by atoms with Crippen LogP contribution in [0.15, 0.2) is 24.7 Å². The third-order valence-electron chi connectivity index (χ3n) is 1.71. The van der Waals surface area contributed by atoms with E-state index in [0.29, 0.717) is 5.69 Å². The molecule has 0 atom stereocenters. The molecule has 0 unspecified atom stereocenters. The topological polar surface area (TPSA) is 88.9 Å². The lowest BCUT2D eigenvalue weighted by Gasteiger charge is -2.00. The van der Waals surface area contributed by atoms with Crippen LogP contribution in [0.25, 0.3) is 11.5 Å². The molecule has 16 heavy (non-hydrogen) atoms. The largest absolute Gasteiger partial charge is 0.477 e. The van der Waals surface area contributed by atoms with Crippen molar-refractivity contribution in [3.8, 4) is 11.5 Å². The van der Waals surface area contributed by atoms with Crippen molar-refractivity contribution in [3.05, 3.63) is 35.5 Å². The number of rotatable bonds is 2. The summed E-state index contributed by atoms with van der Waals surface area (Å²) in [6, 6.07) is 1.17. The molecule has 7 heteroatoms. The standard InChI is InChI=1S/C9H5ClN4O2/c10-7-3-5(9(15)16)13-8(14-7)6-4-11-1-2-12-6/h1-4H,(H,15,16). The molecule has 0 radical (unpaired) electrons. The minimum absolute atomic E-state index is 0.0491. The predicted octanol–water partition coefficient (Wildman–Crippen LogP) is 1.29. The minimum atomic E-state index is -1.17. The second kappa shape index (κ2) is 4.19. The Hall–Kier alpha value is -2.08. The van der Waals surface area contributed by atoms with Gasteiger partial charge >= 0.3 is 5.97 Å². The fourth-order valence-electron chi connectivity index (χ4n) is 1.06. The molecule has 0 aliphatic rings.